The maximum atomic E-state index is 13.0. The third-order valence-electron chi connectivity index (χ3n) is 4.48. The molecule has 0 aliphatic carbocycles. The first-order valence-electron chi connectivity index (χ1n) is 8.50. The molecular formula is C20H13Cl2N3O3S. The Morgan fingerprint density at radius 2 is 1.76 bits per heavy atom. The number of ketones is 1. The SMILES string of the molecule is Cc1nnc(N2C(=O)C(=O)/C(=C(/O)c3ccccc3Cl)C2c2ccc(Cl)cc2)s1. The monoisotopic (exact) mass is 445 g/mol. The number of carbonyl (C=O) groups is 2. The molecule has 0 spiro atoms. The molecule has 9 heteroatoms. The van der Waals surface area contributed by atoms with E-state index in [1.807, 2.05) is 0 Å². The fourth-order valence-corrected chi connectivity index (χ4v) is 4.24. The number of amides is 1. The van der Waals surface area contributed by atoms with Crippen LogP contribution in [-0.4, -0.2) is 27.0 Å². The highest BCUT2D eigenvalue weighted by Gasteiger charge is 2.48. The van der Waals surface area contributed by atoms with Gasteiger partial charge in [0.25, 0.3) is 5.78 Å². The van der Waals surface area contributed by atoms with Crippen LogP contribution in [0.4, 0.5) is 5.13 Å². The molecule has 4 rings (SSSR count). The minimum atomic E-state index is -0.893. The molecule has 0 radical (unpaired) electrons. The molecule has 1 atom stereocenters. The molecule has 29 heavy (non-hydrogen) atoms. The van der Waals surface area contributed by atoms with Crippen LogP contribution in [-0.2, 0) is 9.59 Å². The third-order valence-corrected chi connectivity index (χ3v) is 5.90. The predicted octanol–water partition coefficient (Wildman–Crippen LogP) is 4.78. The number of rotatable bonds is 3. The average molecular weight is 446 g/mol. The van der Waals surface area contributed by atoms with Gasteiger partial charge in [-0.1, -0.05) is 58.8 Å². The maximum Gasteiger partial charge on any atom is 0.301 e. The van der Waals surface area contributed by atoms with Crippen molar-refractivity contribution in [3.05, 3.63) is 80.3 Å². The smallest absolute Gasteiger partial charge is 0.301 e. The lowest BCUT2D eigenvalue weighted by atomic mass is 9.95. The third kappa shape index (κ3) is 3.42. The van der Waals surface area contributed by atoms with E-state index in [0.29, 0.717) is 15.6 Å². The lowest BCUT2D eigenvalue weighted by molar-refractivity contribution is -0.132. The maximum absolute atomic E-state index is 13.0. The number of aliphatic hydroxyl groups is 1. The minimum absolute atomic E-state index is 0.0710. The number of anilines is 1. The van der Waals surface area contributed by atoms with Crippen molar-refractivity contribution < 1.29 is 14.7 Å². The predicted molar refractivity (Wildman–Crippen MR) is 112 cm³/mol. The fraction of sp³-hybridized carbons (Fsp3) is 0.100. The molecular weight excluding hydrogens is 433 g/mol. The summed E-state index contributed by atoms with van der Waals surface area (Å²) in [6, 6.07) is 12.4. The molecule has 1 fully saturated rings. The molecule has 1 N–H and O–H groups in total. The zero-order valence-corrected chi connectivity index (χ0v) is 17.3. The van der Waals surface area contributed by atoms with Crippen molar-refractivity contribution in [1.82, 2.24) is 10.2 Å². The summed E-state index contributed by atoms with van der Waals surface area (Å²) >= 11 is 13.4. The number of Topliss-reactive ketones (excluding diaryl/α,β-unsaturated/α-hetero) is 1. The summed E-state index contributed by atoms with van der Waals surface area (Å²) < 4.78 is 0. The second-order valence-corrected chi connectivity index (χ2v) is 8.31. The molecule has 2 heterocycles. The molecule has 0 saturated carbocycles. The largest absolute Gasteiger partial charge is 0.507 e. The molecule has 1 unspecified atom stereocenters. The van der Waals surface area contributed by atoms with Crippen molar-refractivity contribution in [3.63, 3.8) is 0 Å². The number of hydrogen-bond acceptors (Lipinski definition) is 6. The fourth-order valence-electron chi connectivity index (χ4n) is 3.17. The van der Waals surface area contributed by atoms with Gasteiger partial charge in [-0.3, -0.25) is 14.5 Å². The second-order valence-electron chi connectivity index (χ2n) is 6.30. The van der Waals surface area contributed by atoms with Crippen molar-refractivity contribution in [2.45, 2.75) is 13.0 Å². The molecule has 1 aliphatic rings. The summed E-state index contributed by atoms with van der Waals surface area (Å²) in [6.07, 6.45) is 0. The van der Waals surface area contributed by atoms with Gasteiger partial charge in [-0.2, -0.15) is 0 Å². The van der Waals surface area contributed by atoms with Gasteiger partial charge < -0.3 is 5.11 Å². The van der Waals surface area contributed by atoms with E-state index in [-0.39, 0.29) is 27.0 Å². The van der Waals surface area contributed by atoms with E-state index in [4.69, 9.17) is 23.2 Å². The van der Waals surface area contributed by atoms with Gasteiger partial charge in [0.05, 0.1) is 16.6 Å². The van der Waals surface area contributed by atoms with Crippen LogP contribution in [0.15, 0.2) is 54.1 Å². The number of aryl methyl sites for hydroxylation is 1. The van der Waals surface area contributed by atoms with E-state index in [0.717, 1.165) is 0 Å². The van der Waals surface area contributed by atoms with Gasteiger partial charge in [-0.05, 0) is 36.8 Å². The molecule has 6 nitrogen and oxygen atoms in total. The van der Waals surface area contributed by atoms with E-state index in [2.05, 4.69) is 10.2 Å². The standard InChI is InChI=1S/C20H13Cl2N3O3S/c1-10-23-24-20(29-10)25-16(11-6-8-12(21)9-7-11)15(18(27)19(25)28)17(26)13-4-2-3-5-14(13)22/h2-9,16,26H,1H3/b17-15+. The zero-order valence-electron chi connectivity index (χ0n) is 15.0. The first kappa shape index (κ1) is 19.6. The van der Waals surface area contributed by atoms with E-state index < -0.39 is 17.7 Å². The lowest BCUT2D eigenvalue weighted by Crippen LogP contribution is -2.29. The Labute approximate surface area is 180 Å². The number of hydrogen-bond donors (Lipinski definition) is 1. The van der Waals surface area contributed by atoms with Crippen molar-refractivity contribution in [3.8, 4) is 0 Å². The van der Waals surface area contributed by atoms with E-state index >= 15 is 0 Å². The number of aliphatic hydroxyl groups excluding tert-OH is 1. The first-order chi connectivity index (χ1) is 13.9. The summed E-state index contributed by atoms with van der Waals surface area (Å²) in [5.74, 6) is -1.97. The second kappa shape index (κ2) is 7.59. The Hall–Kier alpha value is -2.74. The minimum Gasteiger partial charge on any atom is -0.507 e. The van der Waals surface area contributed by atoms with Crippen LogP contribution < -0.4 is 4.90 Å². The first-order valence-corrected chi connectivity index (χ1v) is 10.1. The van der Waals surface area contributed by atoms with Crippen molar-refractivity contribution in [1.29, 1.82) is 0 Å². The summed E-state index contributed by atoms with van der Waals surface area (Å²) in [5.41, 5.74) is 0.785. The molecule has 1 saturated heterocycles. The van der Waals surface area contributed by atoms with Crippen LogP contribution in [0.5, 0.6) is 0 Å². The Balaban J connectivity index is 1.96. The Morgan fingerprint density at radius 1 is 1.07 bits per heavy atom. The van der Waals surface area contributed by atoms with Crippen LogP contribution in [0.2, 0.25) is 10.0 Å². The molecule has 2 aromatic carbocycles. The van der Waals surface area contributed by atoms with Gasteiger partial charge in [0.1, 0.15) is 10.8 Å². The number of carbonyl (C=O) groups excluding carboxylic acids is 2. The number of benzene rings is 2. The highest BCUT2D eigenvalue weighted by molar-refractivity contribution is 7.15. The molecule has 1 aromatic heterocycles. The van der Waals surface area contributed by atoms with Crippen LogP contribution in [0, 0.1) is 6.92 Å². The lowest BCUT2D eigenvalue weighted by Gasteiger charge is -2.22. The number of halogens is 2. The quantitative estimate of drug-likeness (QED) is 0.356. The van der Waals surface area contributed by atoms with E-state index in [9.17, 15) is 14.7 Å². The molecule has 1 aliphatic heterocycles. The van der Waals surface area contributed by atoms with E-state index in [1.165, 1.54) is 16.2 Å². The van der Waals surface area contributed by atoms with Crippen molar-refractivity contribution in [2.24, 2.45) is 0 Å². The van der Waals surface area contributed by atoms with Gasteiger partial charge >= 0.3 is 5.91 Å². The van der Waals surface area contributed by atoms with Gasteiger partial charge in [0, 0.05) is 10.6 Å². The van der Waals surface area contributed by atoms with Gasteiger partial charge in [0.15, 0.2) is 0 Å². The zero-order chi connectivity index (χ0) is 20.7. The topological polar surface area (TPSA) is 83.4 Å². The van der Waals surface area contributed by atoms with Crippen molar-refractivity contribution >= 4 is 57.1 Å². The van der Waals surface area contributed by atoms with Gasteiger partial charge in [-0.15, -0.1) is 10.2 Å². The molecule has 146 valence electrons. The highest BCUT2D eigenvalue weighted by atomic mass is 35.5. The highest BCUT2D eigenvalue weighted by Crippen LogP contribution is 2.43. The molecule has 3 aromatic rings. The Kier molecular flexibility index (Phi) is 5.12. The summed E-state index contributed by atoms with van der Waals surface area (Å²) in [7, 11) is 0. The Morgan fingerprint density at radius 3 is 2.38 bits per heavy atom. The van der Waals surface area contributed by atoms with Crippen LogP contribution in [0.1, 0.15) is 22.2 Å². The normalized spacial score (nSPS) is 18.4. The van der Waals surface area contributed by atoms with Crippen molar-refractivity contribution in [2.75, 3.05) is 4.90 Å². The Bertz CT molecular complexity index is 1160. The van der Waals surface area contributed by atoms with Gasteiger partial charge in [0.2, 0.25) is 5.13 Å². The summed E-state index contributed by atoms with van der Waals surface area (Å²) in [4.78, 5) is 27.1. The number of aromatic nitrogens is 2. The number of nitrogens with zero attached hydrogens (tertiary/aromatic N) is 3. The van der Waals surface area contributed by atoms with Crippen LogP contribution in [0.25, 0.3) is 5.76 Å². The average Bonchev–Trinajstić information content (AvgIpc) is 3.24. The summed E-state index contributed by atoms with van der Waals surface area (Å²) in [5, 5.41) is 20.6. The van der Waals surface area contributed by atoms with Gasteiger partial charge in [-0.25, -0.2) is 0 Å². The van der Waals surface area contributed by atoms with E-state index in [1.54, 1.807) is 55.5 Å². The summed E-state index contributed by atoms with van der Waals surface area (Å²) in [6.45, 7) is 1.75. The van der Waals surface area contributed by atoms with Crippen LogP contribution in [0.3, 0.4) is 0 Å². The molecule has 1 amide bonds. The molecule has 0 bridgehead atoms. The van der Waals surface area contributed by atoms with Crippen LogP contribution >= 0.6 is 34.5 Å².